The Balaban J connectivity index is 1.48. The van der Waals surface area contributed by atoms with Crippen LogP contribution in [0.25, 0.3) is 0 Å². The fourth-order valence-corrected chi connectivity index (χ4v) is 4.72. The summed E-state index contributed by atoms with van der Waals surface area (Å²) in [5.41, 5.74) is -1.01. The zero-order chi connectivity index (χ0) is 24.0. The van der Waals surface area contributed by atoms with Crippen LogP contribution in [0, 0.1) is 22.7 Å². The van der Waals surface area contributed by atoms with Crippen LogP contribution < -0.4 is 15.4 Å². The van der Waals surface area contributed by atoms with Gasteiger partial charge in [-0.25, -0.2) is 10.1 Å². The summed E-state index contributed by atoms with van der Waals surface area (Å²) in [6.45, 7) is 4.24. The third-order valence-electron chi connectivity index (χ3n) is 6.25. The summed E-state index contributed by atoms with van der Waals surface area (Å²) in [4.78, 5) is 23.3. The minimum atomic E-state index is -3.81. The Labute approximate surface area is 192 Å². The lowest BCUT2D eigenvalue weighted by Crippen LogP contribution is -2.44. The summed E-state index contributed by atoms with van der Waals surface area (Å²) in [5.74, 6) is 0.672. The number of anilines is 3. The molecule has 4 rings (SSSR count). The molecule has 3 heterocycles. The van der Waals surface area contributed by atoms with E-state index >= 15 is 0 Å². The number of hydrogen-bond acceptors (Lipinski definition) is 8. The molecular formula is C20H27N9O3S. The van der Waals surface area contributed by atoms with E-state index in [1.165, 1.54) is 7.05 Å². The van der Waals surface area contributed by atoms with Crippen LogP contribution >= 0.6 is 0 Å². The topological polar surface area (TPSA) is 163 Å². The Morgan fingerprint density at radius 3 is 2.79 bits per heavy atom. The molecule has 1 aliphatic carbocycles. The maximum Gasteiger partial charge on any atom is 0.276 e. The summed E-state index contributed by atoms with van der Waals surface area (Å²) in [7, 11) is -2.41. The average Bonchev–Trinajstić information content (AvgIpc) is 3.39. The van der Waals surface area contributed by atoms with Gasteiger partial charge >= 0.3 is 0 Å². The Bertz CT molecular complexity index is 1220. The predicted octanol–water partition coefficient (Wildman–Crippen LogP) is 0.944. The van der Waals surface area contributed by atoms with Crippen molar-refractivity contribution in [3.8, 4) is 6.07 Å². The second kappa shape index (κ2) is 8.05. The average molecular weight is 474 g/mol. The Hall–Kier alpha value is -3.08. The lowest BCUT2D eigenvalue weighted by molar-refractivity contribution is -0.123. The monoisotopic (exact) mass is 473 g/mol. The second-order valence-corrected chi connectivity index (χ2v) is 10.9. The van der Waals surface area contributed by atoms with Gasteiger partial charge in [-0.2, -0.15) is 28.1 Å². The summed E-state index contributed by atoms with van der Waals surface area (Å²) >= 11 is 0. The van der Waals surface area contributed by atoms with E-state index in [0.29, 0.717) is 24.5 Å². The fraction of sp³-hybridized carbons (Fsp3) is 0.550. The molecule has 1 saturated heterocycles. The molecule has 2 aromatic rings. The van der Waals surface area contributed by atoms with E-state index in [0.717, 1.165) is 17.1 Å². The molecule has 2 aliphatic rings. The van der Waals surface area contributed by atoms with E-state index in [1.54, 1.807) is 34.2 Å². The van der Waals surface area contributed by atoms with Crippen LogP contribution in [-0.4, -0.2) is 58.5 Å². The molecule has 13 heteroatoms. The molecule has 12 nitrogen and oxygen atoms in total. The van der Waals surface area contributed by atoms with E-state index in [4.69, 9.17) is 5.14 Å². The highest BCUT2D eigenvalue weighted by atomic mass is 32.2. The highest BCUT2D eigenvalue weighted by molar-refractivity contribution is 7.86. The van der Waals surface area contributed by atoms with Crippen molar-refractivity contribution in [2.45, 2.75) is 38.6 Å². The number of amides is 1. The number of carbonyl (C=O) groups excluding carboxylic acids is 1. The maximum absolute atomic E-state index is 13.0. The first-order valence-electron chi connectivity index (χ1n) is 10.6. The summed E-state index contributed by atoms with van der Waals surface area (Å²) in [6, 6.07) is 3.92. The van der Waals surface area contributed by atoms with Crippen molar-refractivity contribution in [1.82, 2.24) is 24.1 Å². The van der Waals surface area contributed by atoms with Gasteiger partial charge in [0.2, 0.25) is 11.9 Å². The first-order chi connectivity index (χ1) is 15.5. The Morgan fingerprint density at radius 1 is 1.42 bits per heavy atom. The van der Waals surface area contributed by atoms with Crippen LogP contribution in [0.2, 0.25) is 0 Å². The van der Waals surface area contributed by atoms with Crippen LogP contribution in [0.1, 0.15) is 33.1 Å². The van der Waals surface area contributed by atoms with Gasteiger partial charge in [-0.3, -0.25) is 14.4 Å². The highest BCUT2D eigenvalue weighted by Gasteiger charge is 2.57. The molecule has 0 spiro atoms. The SMILES string of the molecule is CN(CC(C)(C)n1cc(Nc2nccc(N3CC[C@@](C#N)(C4CC4)C3=O)n2)cn1)S(N)(=O)=O. The molecule has 1 atom stereocenters. The van der Waals surface area contributed by atoms with Crippen molar-refractivity contribution < 1.29 is 13.2 Å². The van der Waals surface area contributed by atoms with Gasteiger partial charge < -0.3 is 5.32 Å². The quantitative estimate of drug-likeness (QED) is 0.572. The maximum atomic E-state index is 13.0. The largest absolute Gasteiger partial charge is 0.321 e. The standard InChI is InChI=1S/C20H27N9O3S/c1-19(2,13-27(3)33(22,31)32)29-11-15(10-24-29)25-18-23-8-6-16(26-18)28-9-7-20(12-21,17(28)30)14-4-5-14/h6,8,10-11,14H,4-5,7,9,13H2,1-3H3,(H2,22,31,32)(H,23,25,26)/t20-/m1/s1. The first-order valence-corrected chi connectivity index (χ1v) is 12.1. The number of nitrogens with one attached hydrogen (secondary N) is 1. The predicted molar refractivity (Wildman–Crippen MR) is 120 cm³/mol. The number of nitrogens with two attached hydrogens (primary N) is 1. The molecule has 33 heavy (non-hydrogen) atoms. The van der Waals surface area contributed by atoms with Crippen LogP contribution in [0.4, 0.5) is 17.5 Å². The van der Waals surface area contributed by atoms with Crippen LogP contribution in [0.15, 0.2) is 24.7 Å². The third kappa shape index (κ3) is 4.41. The molecule has 3 N–H and O–H groups in total. The summed E-state index contributed by atoms with van der Waals surface area (Å²) in [5, 5.41) is 22.3. The van der Waals surface area contributed by atoms with Gasteiger partial charge in [0.05, 0.1) is 23.5 Å². The molecule has 1 amide bonds. The second-order valence-electron chi connectivity index (χ2n) is 9.21. The van der Waals surface area contributed by atoms with Gasteiger partial charge in [0.25, 0.3) is 10.2 Å². The molecule has 2 aromatic heterocycles. The van der Waals surface area contributed by atoms with Gasteiger partial charge in [-0.1, -0.05) is 0 Å². The number of carbonyl (C=O) groups is 1. The van der Waals surface area contributed by atoms with E-state index in [2.05, 4.69) is 26.5 Å². The normalized spacial score (nSPS) is 21.5. The number of rotatable bonds is 8. The fourth-order valence-electron chi connectivity index (χ4n) is 4.22. The zero-order valence-electron chi connectivity index (χ0n) is 18.8. The Kier molecular flexibility index (Phi) is 5.63. The van der Waals surface area contributed by atoms with E-state index in [1.807, 2.05) is 13.8 Å². The van der Waals surface area contributed by atoms with Crippen molar-refractivity contribution in [3.05, 3.63) is 24.7 Å². The molecule has 2 fully saturated rings. The number of aromatic nitrogens is 4. The number of hydrogen-bond donors (Lipinski definition) is 2. The van der Waals surface area contributed by atoms with Crippen LogP contribution in [-0.2, 0) is 20.5 Å². The minimum absolute atomic E-state index is 0.123. The number of likely N-dealkylation sites (N-methyl/N-ethyl adjacent to an activating group) is 1. The van der Waals surface area contributed by atoms with E-state index in [9.17, 15) is 18.5 Å². The minimum Gasteiger partial charge on any atom is -0.321 e. The van der Waals surface area contributed by atoms with Gasteiger partial charge in [-0.15, -0.1) is 0 Å². The van der Waals surface area contributed by atoms with Crippen LogP contribution in [0.5, 0.6) is 0 Å². The molecule has 0 bridgehead atoms. The molecule has 0 aromatic carbocycles. The highest BCUT2D eigenvalue weighted by Crippen LogP contribution is 2.51. The molecule has 0 radical (unpaired) electrons. The first kappa shape index (κ1) is 23.1. The molecule has 0 unspecified atom stereocenters. The molecule has 1 aliphatic heterocycles. The van der Waals surface area contributed by atoms with Gasteiger partial charge in [0.1, 0.15) is 11.2 Å². The lowest BCUT2D eigenvalue weighted by Gasteiger charge is -2.29. The van der Waals surface area contributed by atoms with Crippen LogP contribution in [0.3, 0.4) is 0 Å². The van der Waals surface area contributed by atoms with E-state index < -0.39 is 21.2 Å². The van der Waals surface area contributed by atoms with Crippen molar-refractivity contribution in [1.29, 1.82) is 5.26 Å². The van der Waals surface area contributed by atoms with Gasteiger partial charge in [0.15, 0.2) is 0 Å². The van der Waals surface area contributed by atoms with Crippen molar-refractivity contribution in [2.24, 2.45) is 16.5 Å². The lowest BCUT2D eigenvalue weighted by atomic mass is 9.83. The van der Waals surface area contributed by atoms with E-state index in [-0.39, 0.29) is 24.3 Å². The molecule has 1 saturated carbocycles. The van der Waals surface area contributed by atoms with Crippen molar-refractivity contribution in [2.75, 3.05) is 30.4 Å². The number of nitriles is 1. The van der Waals surface area contributed by atoms with Gasteiger partial charge in [0, 0.05) is 32.5 Å². The summed E-state index contributed by atoms with van der Waals surface area (Å²) < 4.78 is 25.8. The summed E-state index contributed by atoms with van der Waals surface area (Å²) in [6.07, 6.45) is 7.17. The third-order valence-corrected chi connectivity index (χ3v) is 7.25. The smallest absolute Gasteiger partial charge is 0.276 e. The van der Waals surface area contributed by atoms with Crippen molar-refractivity contribution >= 4 is 33.6 Å². The molecular weight excluding hydrogens is 446 g/mol. The van der Waals surface area contributed by atoms with Crippen molar-refractivity contribution in [3.63, 3.8) is 0 Å². The molecule has 176 valence electrons. The Morgan fingerprint density at radius 2 is 2.15 bits per heavy atom. The number of nitrogens with zero attached hydrogens (tertiary/aromatic N) is 7. The zero-order valence-corrected chi connectivity index (χ0v) is 19.6. The van der Waals surface area contributed by atoms with Gasteiger partial charge in [-0.05, 0) is 45.1 Å².